The number of aryl methyl sites for hydroxylation is 1. The SMILES string of the molecule is COc1ccc(CCNC(=O)[C@H]2Cc3cc([N+](=O)[O-])ccc3N3CCN(c4ccc(C)cc4)C[C@H]23)cc1OC. The third kappa shape index (κ3) is 5.48. The van der Waals surface area contributed by atoms with Crippen molar-refractivity contribution < 1.29 is 19.2 Å². The molecule has 0 spiro atoms. The number of benzene rings is 3. The number of non-ortho nitro benzene ring substituents is 1. The number of anilines is 2. The van der Waals surface area contributed by atoms with Gasteiger partial charge in [0.25, 0.3) is 5.69 Å². The predicted octanol–water partition coefficient (Wildman–Crippen LogP) is 4.15. The average molecular weight is 531 g/mol. The van der Waals surface area contributed by atoms with E-state index in [1.165, 1.54) is 5.56 Å². The van der Waals surface area contributed by atoms with Crippen LogP contribution in [0.2, 0.25) is 0 Å². The lowest BCUT2D eigenvalue weighted by atomic mass is 9.83. The van der Waals surface area contributed by atoms with Crippen LogP contribution in [0.1, 0.15) is 16.7 Å². The molecule has 0 unspecified atom stereocenters. The minimum atomic E-state index is -0.375. The first-order chi connectivity index (χ1) is 18.9. The van der Waals surface area contributed by atoms with Crippen molar-refractivity contribution >= 4 is 23.0 Å². The third-order valence-electron chi connectivity index (χ3n) is 7.80. The Morgan fingerprint density at radius 2 is 1.79 bits per heavy atom. The molecule has 1 saturated heterocycles. The molecule has 2 heterocycles. The van der Waals surface area contributed by atoms with Crippen LogP contribution in [0, 0.1) is 23.0 Å². The molecule has 0 aliphatic carbocycles. The smallest absolute Gasteiger partial charge is 0.269 e. The standard InChI is InChI=1S/C30H34N4O5/c1-20-4-7-23(8-5-20)32-14-15-33-26-10-9-24(34(36)37)17-22(26)18-25(27(33)19-32)30(35)31-13-12-21-6-11-28(38-2)29(16-21)39-3/h4-11,16-17,25,27H,12-15,18-19H2,1-3H3,(H,31,35)/t25-,27+/m0/s1. The van der Waals surface area contributed by atoms with Gasteiger partial charge in [0.2, 0.25) is 5.91 Å². The zero-order valence-electron chi connectivity index (χ0n) is 22.6. The van der Waals surface area contributed by atoms with Gasteiger partial charge in [-0.15, -0.1) is 0 Å². The lowest BCUT2D eigenvalue weighted by Gasteiger charge is -2.49. The van der Waals surface area contributed by atoms with Gasteiger partial charge >= 0.3 is 0 Å². The predicted molar refractivity (Wildman–Crippen MR) is 151 cm³/mol. The van der Waals surface area contributed by atoms with Gasteiger partial charge in [0.15, 0.2) is 11.5 Å². The Hall–Kier alpha value is -4.27. The molecule has 0 bridgehead atoms. The first-order valence-electron chi connectivity index (χ1n) is 13.2. The Kier molecular flexibility index (Phi) is 7.58. The molecule has 9 nitrogen and oxygen atoms in total. The fourth-order valence-electron chi connectivity index (χ4n) is 5.71. The Balaban J connectivity index is 1.35. The number of nitrogens with zero attached hydrogens (tertiary/aromatic N) is 3. The van der Waals surface area contributed by atoms with E-state index in [9.17, 15) is 14.9 Å². The van der Waals surface area contributed by atoms with E-state index in [4.69, 9.17) is 9.47 Å². The number of nitrogens with one attached hydrogen (secondary N) is 1. The number of nitro benzene ring substituents is 1. The van der Waals surface area contributed by atoms with Crippen molar-refractivity contribution in [1.29, 1.82) is 0 Å². The van der Waals surface area contributed by atoms with Crippen LogP contribution >= 0.6 is 0 Å². The van der Waals surface area contributed by atoms with Crippen molar-refractivity contribution in [3.8, 4) is 11.5 Å². The maximum Gasteiger partial charge on any atom is 0.269 e. The second kappa shape index (κ2) is 11.2. The normalized spacial score (nSPS) is 18.1. The van der Waals surface area contributed by atoms with Gasteiger partial charge in [-0.3, -0.25) is 14.9 Å². The summed E-state index contributed by atoms with van der Waals surface area (Å²) in [6.07, 6.45) is 1.10. The Morgan fingerprint density at radius 3 is 2.51 bits per heavy atom. The van der Waals surface area contributed by atoms with E-state index >= 15 is 0 Å². The molecule has 3 aromatic carbocycles. The maximum absolute atomic E-state index is 13.6. The van der Waals surface area contributed by atoms with Gasteiger partial charge in [-0.25, -0.2) is 0 Å². The van der Waals surface area contributed by atoms with Crippen molar-refractivity contribution in [3.63, 3.8) is 0 Å². The van der Waals surface area contributed by atoms with Crippen molar-refractivity contribution in [3.05, 3.63) is 87.5 Å². The number of amides is 1. The van der Waals surface area contributed by atoms with E-state index in [1.807, 2.05) is 24.3 Å². The van der Waals surface area contributed by atoms with Crippen LogP contribution in [0.3, 0.4) is 0 Å². The first kappa shape index (κ1) is 26.3. The molecular formula is C30H34N4O5. The van der Waals surface area contributed by atoms with E-state index in [0.717, 1.165) is 35.6 Å². The fourth-order valence-corrected chi connectivity index (χ4v) is 5.71. The summed E-state index contributed by atoms with van der Waals surface area (Å²) in [6, 6.07) is 19.2. The highest BCUT2D eigenvalue weighted by Gasteiger charge is 2.42. The highest BCUT2D eigenvalue weighted by Crippen LogP contribution is 2.38. The zero-order chi connectivity index (χ0) is 27.5. The first-order valence-corrected chi connectivity index (χ1v) is 13.2. The number of nitro groups is 1. The van der Waals surface area contributed by atoms with Gasteiger partial charge < -0.3 is 24.6 Å². The van der Waals surface area contributed by atoms with Gasteiger partial charge in [0.1, 0.15) is 0 Å². The molecule has 5 rings (SSSR count). The molecule has 2 aliphatic rings. The monoisotopic (exact) mass is 530 g/mol. The molecule has 0 aromatic heterocycles. The molecule has 204 valence electrons. The molecule has 0 radical (unpaired) electrons. The summed E-state index contributed by atoms with van der Waals surface area (Å²) >= 11 is 0. The van der Waals surface area contributed by atoms with Crippen LogP contribution in [0.15, 0.2) is 60.7 Å². The van der Waals surface area contributed by atoms with Gasteiger partial charge in [-0.2, -0.15) is 0 Å². The summed E-state index contributed by atoms with van der Waals surface area (Å²) in [5.74, 6) is 0.947. The lowest BCUT2D eigenvalue weighted by molar-refractivity contribution is -0.384. The third-order valence-corrected chi connectivity index (χ3v) is 7.80. The van der Waals surface area contributed by atoms with Crippen LogP contribution in [-0.4, -0.2) is 57.3 Å². The molecule has 3 aromatic rings. The van der Waals surface area contributed by atoms with Crippen LogP contribution in [0.5, 0.6) is 11.5 Å². The average Bonchev–Trinajstić information content (AvgIpc) is 2.96. The van der Waals surface area contributed by atoms with Crippen molar-refractivity contribution in [2.24, 2.45) is 5.92 Å². The number of piperazine rings is 1. The van der Waals surface area contributed by atoms with Crippen molar-refractivity contribution in [1.82, 2.24) is 5.32 Å². The summed E-state index contributed by atoms with van der Waals surface area (Å²) in [4.78, 5) is 29.3. The number of rotatable bonds is 8. The minimum Gasteiger partial charge on any atom is -0.493 e. The minimum absolute atomic E-state index is 0.0339. The van der Waals surface area contributed by atoms with E-state index in [1.54, 1.807) is 26.4 Å². The number of carbonyl (C=O) groups is 1. The lowest BCUT2D eigenvalue weighted by Crippen LogP contribution is -2.61. The van der Waals surface area contributed by atoms with Gasteiger partial charge in [0, 0.05) is 49.7 Å². The highest BCUT2D eigenvalue weighted by atomic mass is 16.6. The molecule has 1 fully saturated rings. The Labute approximate surface area is 228 Å². The second-order valence-corrected chi connectivity index (χ2v) is 10.2. The molecule has 39 heavy (non-hydrogen) atoms. The number of fused-ring (bicyclic) bond motifs is 3. The van der Waals surface area contributed by atoms with Gasteiger partial charge in [-0.05, 0) is 61.2 Å². The zero-order valence-corrected chi connectivity index (χ0v) is 22.6. The van der Waals surface area contributed by atoms with Crippen molar-refractivity contribution in [2.75, 3.05) is 50.2 Å². The number of methoxy groups -OCH3 is 2. The molecule has 1 amide bonds. The summed E-state index contributed by atoms with van der Waals surface area (Å²) < 4.78 is 10.7. The number of hydrogen-bond donors (Lipinski definition) is 1. The fraction of sp³-hybridized carbons (Fsp3) is 0.367. The number of hydrogen-bond acceptors (Lipinski definition) is 7. The molecule has 1 N–H and O–H groups in total. The highest BCUT2D eigenvalue weighted by molar-refractivity contribution is 5.82. The summed E-state index contributed by atoms with van der Waals surface area (Å²) in [6.45, 7) is 4.79. The van der Waals surface area contributed by atoms with Crippen LogP contribution in [0.4, 0.5) is 17.1 Å². The second-order valence-electron chi connectivity index (χ2n) is 10.2. The maximum atomic E-state index is 13.6. The molecule has 0 saturated carbocycles. The molecule has 2 aliphatic heterocycles. The molecular weight excluding hydrogens is 496 g/mol. The van der Waals surface area contributed by atoms with E-state index < -0.39 is 0 Å². The molecule has 2 atom stereocenters. The number of carbonyl (C=O) groups excluding carboxylic acids is 1. The van der Waals surface area contributed by atoms with Crippen LogP contribution in [-0.2, 0) is 17.6 Å². The van der Waals surface area contributed by atoms with E-state index in [2.05, 4.69) is 46.3 Å². The largest absolute Gasteiger partial charge is 0.493 e. The topological polar surface area (TPSA) is 97.2 Å². The summed E-state index contributed by atoms with van der Waals surface area (Å²) in [5, 5.41) is 14.6. The van der Waals surface area contributed by atoms with E-state index in [0.29, 0.717) is 37.4 Å². The molecule has 9 heteroatoms. The Bertz CT molecular complexity index is 1360. The van der Waals surface area contributed by atoms with Crippen molar-refractivity contribution in [2.45, 2.75) is 25.8 Å². The van der Waals surface area contributed by atoms with Gasteiger partial charge in [-0.1, -0.05) is 23.8 Å². The van der Waals surface area contributed by atoms with E-state index in [-0.39, 0.29) is 28.5 Å². The van der Waals surface area contributed by atoms with Gasteiger partial charge in [0.05, 0.1) is 31.1 Å². The quantitative estimate of drug-likeness (QED) is 0.345. The number of ether oxygens (including phenoxy) is 2. The van der Waals surface area contributed by atoms with Crippen LogP contribution < -0.4 is 24.6 Å². The Morgan fingerprint density at radius 1 is 1.03 bits per heavy atom. The summed E-state index contributed by atoms with van der Waals surface area (Å²) in [5.41, 5.74) is 5.27. The summed E-state index contributed by atoms with van der Waals surface area (Å²) in [7, 11) is 3.20. The van der Waals surface area contributed by atoms with Crippen LogP contribution in [0.25, 0.3) is 0 Å².